The first-order chi connectivity index (χ1) is 6.16. The van der Waals surface area contributed by atoms with Crippen molar-refractivity contribution < 1.29 is 10.2 Å². The number of aliphatic hydroxyl groups is 2. The van der Waals surface area contributed by atoms with Crippen LogP contribution in [0.3, 0.4) is 0 Å². The van der Waals surface area contributed by atoms with Crippen LogP contribution in [0, 0.1) is 5.92 Å². The normalized spacial score (nSPS) is 27.2. The smallest absolute Gasteiger partial charge is 0.152 e. The van der Waals surface area contributed by atoms with E-state index in [9.17, 15) is 10.2 Å². The Morgan fingerprint density at radius 2 is 2.15 bits per heavy atom. The van der Waals surface area contributed by atoms with Gasteiger partial charge in [0.15, 0.2) is 5.76 Å². The number of rotatable bonds is 0. The van der Waals surface area contributed by atoms with E-state index in [0.29, 0.717) is 6.42 Å². The molecule has 0 amide bonds. The lowest BCUT2D eigenvalue weighted by Crippen LogP contribution is -2.15. The van der Waals surface area contributed by atoms with E-state index in [-0.39, 0.29) is 17.4 Å². The molecule has 2 N–H and O–H groups in total. The number of hydrogen-bond donors (Lipinski definition) is 2. The molecule has 0 bridgehead atoms. The van der Waals surface area contributed by atoms with Crippen LogP contribution < -0.4 is 0 Å². The molecule has 3 heteroatoms. The van der Waals surface area contributed by atoms with Gasteiger partial charge in [-0.1, -0.05) is 29.9 Å². The molecule has 0 saturated carbocycles. The molecule has 13 heavy (non-hydrogen) atoms. The van der Waals surface area contributed by atoms with E-state index in [0.717, 1.165) is 16.9 Å². The van der Waals surface area contributed by atoms with E-state index in [4.69, 9.17) is 12.2 Å². The lowest BCUT2D eigenvalue weighted by molar-refractivity contribution is 0.306. The van der Waals surface area contributed by atoms with E-state index in [2.05, 4.69) is 0 Å². The number of thiocarbonyl (C=S) groups is 1. The van der Waals surface area contributed by atoms with Gasteiger partial charge in [0.1, 0.15) is 5.76 Å². The second kappa shape index (κ2) is 3.00. The molecule has 1 atom stereocenters. The highest BCUT2D eigenvalue weighted by molar-refractivity contribution is 7.80. The van der Waals surface area contributed by atoms with E-state index in [1.54, 1.807) is 6.08 Å². The van der Waals surface area contributed by atoms with E-state index < -0.39 is 0 Å². The van der Waals surface area contributed by atoms with Crippen molar-refractivity contribution >= 4 is 17.1 Å². The SMILES string of the molecule is OC1=C(O)CC2C=CC(=S)CC2=C1. The van der Waals surface area contributed by atoms with Crippen LogP contribution in [0.5, 0.6) is 0 Å². The fourth-order valence-electron chi connectivity index (χ4n) is 1.67. The monoisotopic (exact) mass is 194 g/mol. The summed E-state index contributed by atoms with van der Waals surface area (Å²) in [6.07, 6.45) is 6.75. The first kappa shape index (κ1) is 8.51. The van der Waals surface area contributed by atoms with Crippen molar-refractivity contribution in [3.05, 3.63) is 35.3 Å². The van der Waals surface area contributed by atoms with Gasteiger partial charge in [-0.3, -0.25) is 0 Å². The summed E-state index contributed by atoms with van der Waals surface area (Å²) in [5.74, 6) is 0.290. The summed E-state index contributed by atoms with van der Waals surface area (Å²) >= 11 is 5.05. The summed E-state index contributed by atoms with van der Waals surface area (Å²) in [6.45, 7) is 0. The molecule has 0 radical (unpaired) electrons. The third-order valence-corrected chi connectivity index (χ3v) is 2.68. The molecule has 0 spiro atoms. The Morgan fingerprint density at radius 3 is 2.92 bits per heavy atom. The minimum absolute atomic E-state index is 0.00986. The maximum atomic E-state index is 9.30. The molecule has 0 heterocycles. The molecule has 0 saturated heterocycles. The molecule has 0 aromatic rings. The van der Waals surface area contributed by atoms with Gasteiger partial charge < -0.3 is 10.2 Å². The zero-order chi connectivity index (χ0) is 9.42. The summed E-state index contributed by atoms with van der Waals surface area (Å²) in [6, 6.07) is 0. The van der Waals surface area contributed by atoms with Gasteiger partial charge in [0, 0.05) is 23.6 Å². The van der Waals surface area contributed by atoms with E-state index in [1.807, 2.05) is 12.2 Å². The highest BCUT2D eigenvalue weighted by Gasteiger charge is 2.23. The molecule has 0 aromatic carbocycles. The van der Waals surface area contributed by atoms with E-state index in [1.165, 1.54) is 0 Å². The third kappa shape index (κ3) is 1.52. The van der Waals surface area contributed by atoms with Gasteiger partial charge in [-0.25, -0.2) is 0 Å². The van der Waals surface area contributed by atoms with Crippen LogP contribution in [0.2, 0.25) is 0 Å². The number of fused-ring (bicyclic) bond motifs is 1. The average molecular weight is 194 g/mol. The van der Waals surface area contributed by atoms with Gasteiger partial charge in [-0.05, 0) is 6.08 Å². The van der Waals surface area contributed by atoms with Crippen molar-refractivity contribution in [1.29, 1.82) is 0 Å². The summed E-state index contributed by atoms with van der Waals surface area (Å²) in [5.41, 5.74) is 1.10. The largest absolute Gasteiger partial charge is 0.508 e. The van der Waals surface area contributed by atoms with Gasteiger partial charge in [0.05, 0.1) is 0 Å². The molecule has 2 aliphatic carbocycles. The third-order valence-electron chi connectivity index (χ3n) is 2.40. The van der Waals surface area contributed by atoms with Gasteiger partial charge in [0.25, 0.3) is 0 Å². The summed E-state index contributed by atoms with van der Waals surface area (Å²) in [5, 5.41) is 18.6. The van der Waals surface area contributed by atoms with Crippen molar-refractivity contribution in [1.82, 2.24) is 0 Å². The highest BCUT2D eigenvalue weighted by Crippen LogP contribution is 2.33. The molecular formula is C10H10O2S. The van der Waals surface area contributed by atoms with Crippen LogP contribution in [0.25, 0.3) is 0 Å². The molecule has 0 aliphatic heterocycles. The molecule has 0 aromatic heterocycles. The van der Waals surface area contributed by atoms with Gasteiger partial charge in [-0.15, -0.1) is 0 Å². The van der Waals surface area contributed by atoms with Crippen molar-refractivity contribution in [3.8, 4) is 0 Å². The van der Waals surface area contributed by atoms with Crippen LogP contribution in [0.1, 0.15) is 12.8 Å². The maximum Gasteiger partial charge on any atom is 0.152 e. The fourth-order valence-corrected chi connectivity index (χ4v) is 1.91. The highest BCUT2D eigenvalue weighted by atomic mass is 32.1. The first-order valence-corrected chi connectivity index (χ1v) is 4.60. The van der Waals surface area contributed by atoms with Crippen LogP contribution in [-0.4, -0.2) is 15.1 Å². The van der Waals surface area contributed by atoms with Gasteiger partial charge >= 0.3 is 0 Å². The van der Waals surface area contributed by atoms with E-state index >= 15 is 0 Å². The first-order valence-electron chi connectivity index (χ1n) is 4.19. The summed E-state index contributed by atoms with van der Waals surface area (Å²) < 4.78 is 0. The predicted molar refractivity (Wildman–Crippen MR) is 54.8 cm³/mol. The van der Waals surface area contributed by atoms with Crippen LogP contribution in [-0.2, 0) is 0 Å². The van der Waals surface area contributed by atoms with Crippen LogP contribution >= 0.6 is 12.2 Å². The Morgan fingerprint density at radius 1 is 1.38 bits per heavy atom. The molecule has 0 fully saturated rings. The Kier molecular flexibility index (Phi) is 1.96. The zero-order valence-electron chi connectivity index (χ0n) is 7.03. The minimum Gasteiger partial charge on any atom is -0.508 e. The van der Waals surface area contributed by atoms with Crippen LogP contribution in [0.15, 0.2) is 35.3 Å². The molecule has 2 nitrogen and oxygen atoms in total. The van der Waals surface area contributed by atoms with Crippen molar-refractivity contribution in [3.63, 3.8) is 0 Å². The lowest BCUT2D eigenvalue weighted by Gasteiger charge is -2.24. The second-order valence-corrected chi connectivity index (χ2v) is 3.89. The summed E-state index contributed by atoms with van der Waals surface area (Å²) in [4.78, 5) is 0.886. The number of allylic oxidation sites excluding steroid dienone is 5. The topological polar surface area (TPSA) is 40.5 Å². The number of hydrogen-bond acceptors (Lipinski definition) is 3. The van der Waals surface area contributed by atoms with Crippen molar-refractivity contribution in [2.45, 2.75) is 12.8 Å². The van der Waals surface area contributed by atoms with Gasteiger partial charge in [-0.2, -0.15) is 0 Å². The summed E-state index contributed by atoms with van der Waals surface area (Å²) in [7, 11) is 0. The van der Waals surface area contributed by atoms with Gasteiger partial charge in [0.2, 0.25) is 0 Å². The Labute approximate surface area is 81.9 Å². The molecule has 68 valence electrons. The molecular weight excluding hydrogens is 184 g/mol. The predicted octanol–water partition coefficient (Wildman–Crippen LogP) is 2.59. The van der Waals surface area contributed by atoms with Crippen LogP contribution in [0.4, 0.5) is 0 Å². The molecule has 2 rings (SSSR count). The molecule has 2 aliphatic rings. The minimum atomic E-state index is -0.00986. The Bertz CT molecular complexity index is 350. The Hall–Kier alpha value is -1.09. The Balaban J connectivity index is 2.35. The lowest BCUT2D eigenvalue weighted by atomic mass is 9.83. The number of aliphatic hydroxyl groups excluding tert-OH is 2. The fraction of sp³-hybridized carbons (Fsp3) is 0.300. The molecule has 1 unspecified atom stereocenters. The quantitative estimate of drug-likeness (QED) is 0.582. The zero-order valence-corrected chi connectivity index (χ0v) is 7.84. The maximum absolute atomic E-state index is 9.30. The van der Waals surface area contributed by atoms with Crippen molar-refractivity contribution in [2.24, 2.45) is 5.92 Å². The second-order valence-electron chi connectivity index (χ2n) is 3.36. The van der Waals surface area contributed by atoms with Crippen molar-refractivity contribution in [2.75, 3.05) is 0 Å². The average Bonchev–Trinajstić information content (AvgIpc) is 2.08. The standard InChI is InChI=1S/C10H10O2S/c11-9-4-6-1-2-8(13)3-7(6)5-10(9)12/h1-2,5-6,11-12H,3-4H2.